The predicted molar refractivity (Wildman–Crippen MR) is 81.2 cm³/mol. The van der Waals surface area contributed by atoms with Crippen LogP contribution in [0.3, 0.4) is 0 Å². The number of rotatable bonds is 5. The summed E-state index contributed by atoms with van der Waals surface area (Å²) in [5.74, 6) is 0.0403. The lowest BCUT2D eigenvalue weighted by molar-refractivity contribution is 0.0696. The van der Waals surface area contributed by atoms with Gasteiger partial charge in [-0.05, 0) is 52.9 Å². The van der Waals surface area contributed by atoms with Crippen LogP contribution in [0.4, 0.5) is 0 Å². The van der Waals surface area contributed by atoms with E-state index in [1.165, 1.54) is 6.07 Å². The van der Waals surface area contributed by atoms with E-state index in [0.717, 1.165) is 9.13 Å². The minimum absolute atomic E-state index is 0.193. The minimum atomic E-state index is -0.981. The lowest BCUT2D eigenvalue weighted by Gasteiger charge is -2.11. The average Bonchev–Trinajstić information content (AvgIpc) is 2.46. The van der Waals surface area contributed by atoms with Gasteiger partial charge in [-0.2, -0.15) is 0 Å². The fourth-order valence-electron chi connectivity index (χ4n) is 1.62. The van der Waals surface area contributed by atoms with E-state index in [4.69, 9.17) is 14.6 Å². The first-order valence-electron chi connectivity index (χ1n) is 5.75. The van der Waals surface area contributed by atoms with Crippen molar-refractivity contribution in [1.29, 1.82) is 0 Å². The maximum atomic E-state index is 11.0. The van der Waals surface area contributed by atoms with E-state index in [0.29, 0.717) is 11.6 Å². The van der Waals surface area contributed by atoms with Crippen LogP contribution in [0.1, 0.15) is 15.9 Å². The van der Waals surface area contributed by atoms with Crippen molar-refractivity contribution in [2.45, 2.75) is 6.61 Å². The third-order valence-corrected chi connectivity index (χ3v) is 3.50. The summed E-state index contributed by atoms with van der Waals surface area (Å²) in [6, 6.07) is 8.40. The standard InChI is InChI=1S/C14H12INO4/c1-19-13-10(3-2-6-16-13)8-20-12-7-9(14(17)18)4-5-11(12)15/h2-7H,8H2,1H3,(H,17,18). The lowest BCUT2D eigenvalue weighted by atomic mass is 10.2. The van der Waals surface area contributed by atoms with E-state index in [1.807, 2.05) is 6.07 Å². The summed E-state index contributed by atoms with van der Waals surface area (Å²) in [6.45, 7) is 0.260. The number of hydrogen-bond acceptors (Lipinski definition) is 4. The Morgan fingerprint density at radius 2 is 2.20 bits per heavy atom. The van der Waals surface area contributed by atoms with Gasteiger partial charge in [0.2, 0.25) is 5.88 Å². The van der Waals surface area contributed by atoms with Crippen molar-refractivity contribution in [1.82, 2.24) is 4.98 Å². The van der Waals surface area contributed by atoms with Crippen molar-refractivity contribution >= 4 is 28.6 Å². The Balaban J connectivity index is 2.18. The maximum Gasteiger partial charge on any atom is 0.335 e. The largest absolute Gasteiger partial charge is 0.488 e. The highest BCUT2D eigenvalue weighted by atomic mass is 127. The zero-order valence-electron chi connectivity index (χ0n) is 10.7. The Morgan fingerprint density at radius 1 is 1.40 bits per heavy atom. The smallest absolute Gasteiger partial charge is 0.335 e. The number of carboxylic acids is 1. The molecule has 0 amide bonds. The number of halogens is 1. The SMILES string of the molecule is COc1ncccc1COc1cc(C(=O)O)ccc1I. The van der Waals surface area contributed by atoms with Crippen LogP contribution in [0.5, 0.6) is 11.6 Å². The number of pyridine rings is 1. The summed E-state index contributed by atoms with van der Waals surface area (Å²) >= 11 is 2.10. The zero-order valence-corrected chi connectivity index (χ0v) is 12.8. The molecule has 0 saturated carbocycles. The number of hydrogen-bond donors (Lipinski definition) is 1. The molecule has 1 N–H and O–H groups in total. The molecule has 1 aromatic heterocycles. The minimum Gasteiger partial charge on any atom is -0.488 e. The molecule has 0 radical (unpaired) electrons. The van der Waals surface area contributed by atoms with Crippen molar-refractivity contribution in [2.75, 3.05) is 7.11 Å². The second kappa shape index (κ2) is 6.56. The van der Waals surface area contributed by atoms with Gasteiger partial charge in [-0.25, -0.2) is 9.78 Å². The van der Waals surface area contributed by atoms with Gasteiger partial charge in [0.15, 0.2) is 0 Å². The van der Waals surface area contributed by atoms with Crippen LogP contribution >= 0.6 is 22.6 Å². The summed E-state index contributed by atoms with van der Waals surface area (Å²) in [5.41, 5.74) is 0.991. The molecular weight excluding hydrogens is 373 g/mol. The fourth-order valence-corrected chi connectivity index (χ4v) is 2.11. The molecule has 2 rings (SSSR count). The highest BCUT2D eigenvalue weighted by Gasteiger charge is 2.10. The topological polar surface area (TPSA) is 68.7 Å². The molecule has 0 atom stereocenters. The third-order valence-electron chi connectivity index (χ3n) is 2.60. The normalized spacial score (nSPS) is 10.1. The lowest BCUT2D eigenvalue weighted by Crippen LogP contribution is -2.03. The Kier molecular flexibility index (Phi) is 4.78. The molecule has 0 unspecified atom stereocenters. The van der Waals surface area contributed by atoms with Crippen molar-refractivity contribution in [2.24, 2.45) is 0 Å². The number of nitrogens with zero attached hydrogens (tertiary/aromatic N) is 1. The average molecular weight is 385 g/mol. The highest BCUT2D eigenvalue weighted by molar-refractivity contribution is 14.1. The molecule has 2 aromatic rings. The molecule has 1 heterocycles. The van der Waals surface area contributed by atoms with Crippen molar-refractivity contribution in [3.05, 3.63) is 51.2 Å². The van der Waals surface area contributed by atoms with Crippen molar-refractivity contribution < 1.29 is 19.4 Å². The van der Waals surface area contributed by atoms with Crippen LogP contribution in [-0.2, 0) is 6.61 Å². The second-order valence-corrected chi connectivity index (χ2v) is 5.07. The molecule has 20 heavy (non-hydrogen) atoms. The van der Waals surface area contributed by atoms with Crippen LogP contribution in [0.25, 0.3) is 0 Å². The molecule has 6 heteroatoms. The number of ether oxygens (including phenoxy) is 2. The second-order valence-electron chi connectivity index (χ2n) is 3.91. The molecule has 0 bridgehead atoms. The Labute approximate surface area is 129 Å². The summed E-state index contributed by atoms with van der Waals surface area (Å²) in [4.78, 5) is 15.0. The van der Waals surface area contributed by atoms with Crippen LogP contribution in [-0.4, -0.2) is 23.2 Å². The highest BCUT2D eigenvalue weighted by Crippen LogP contribution is 2.24. The number of benzene rings is 1. The van der Waals surface area contributed by atoms with Gasteiger partial charge in [-0.3, -0.25) is 0 Å². The van der Waals surface area contributed by atoms with Gasteiger partial charge in [0.05, 0.1) is 21.8 Å². The number of aromatic carboxylic acids is 1. The molecule has 0 spiro atoms. The Morgan fingerprint density at radius 3 is 2.90 bits per heavy atom. The molecule has 0 saturated heterocycles. The van der Waals surface area contributed by atoms with Crippen LogP contribution in [0.2, 0.25) is 0 Å². The van der Waals surface area contributed by atoms with Gasteiger partial charge in [0.1, 0.15) is 12.4 Å². The van der Waals surface area contributed by atoms with E-state index in [-0.39, 0.29) is 12.2 Å². The Bertz CT molecular complexity index is 630. The molecule has 104 valence electrons. The maximum absolute atomic E-state index is 11.0. The van der Waals surface area contributed by atoms with Gasteiger partial charge in [0.25, 0.3) is 0 Å². The van der Waals surface area contributed by atoms with Crippen LogP contribution < -0.4 is 9.47 Å². The van der Waals surface area contributed by atoms with Crippen molar-refractivity contribution in [3.63, 3.8) is 0 Å². The van der Waals surface area contributed by atoms with Gasteiger partial charge < -0.3 is 14.6 Å². The van der Waals surface area contributed by atoms with Gasteiger partial charge in [0, 0.05) is 6.20 Å². The molecular formula is C14H12INO4. The number of aromatic nitrogens is 1. The number of carbonyl (C=O) groups is 1. The van der Waals surface area contributed by atoms with Crippen LogP contribution in [0, 0.1) is 3.57 Å². The number of carboxylic acid groups (broad SMARTS) is 1. The summed E-state index contributed by atoms with van der Waals surface area (Å²) in [6.07, 6.45) is 1.64. The summed E-state index contributed by atoms with van der Waals surface area (Å²) in [7, 11) is 1.54. The van der Waals surface area contributed by atoms with E-state index in [2.05, 4.69) is 27.6 Å². The monoisotopic (exact) mass is 385 g/mol. The third kappa shape index (κ3) is 3.38. The van der Waals surface area contributed by atoms with E-state index in [1.54, 1.807) is 31.5 Å². The van der Waals surface area contributed by atoms with Crippen LogP contribution in [0.15, 0.2) is 36.5 Å². The van der Waals surface area contributed by atoms with E-state index < -0.39 is 5.97 Å². The Hall–Kier alpha value is -1.83. The van der Waals surface area contributed by atoms with E-state index >= 15 is 0 Å². The molecule has 0 aliphatic rings. The quantitative estimate of drug-likeness (QED) is 0.802. The van der Waals surface area contributed by atoms with Gasteiger partial charge in [-0.1, -0.05) is 0 Å². The molecule has 0 fully saturated rings. The summed E-state index contributed by atoms with van der Waals surface area (Å²) in [5, 5.41) is 8.98. The molecule has 1 aromatic carbocycles. The zero-order chi connectivity index (χ0) is 14.5. The first-order chi connectivity index (χ1) is 9.61. The van der Waals surface area contributed by atoms with Gasteiger partial charge >= 0.3 is 5.97 Å². The number of methoxy groups -OCH3 is 1. The van der Waals surface area contributed by atoms with E-state index in [9.17, 15) is 4.79 Å². The molecule has 0 aliphatic heterocycles. The van der Waals surface area contributed by atoms with Crippen molar-refractivity contribution in [3.8, 4) is 11.6 Å². The fraction of sp³-hybridized carbons (Fsp3) is 0.143. The molecule has 5 nitrogen and oxygen atoms in total. The first kappa shape index (κ1) is 14.6. The first-order valence-corrected chi connectivity index (χ1v) is 6.83. The summed E-state index contributed by atoms with van der Waals surface area (Å²) < 4.78 is 11.6. The molecule has 0 aliphatic carbocycles. The van der Waals surface area contributed by atoms with Gasteiger partial charge in [-0.15, -0.1) is 0 Å². The predicted octanol–water partition coefficient (Wildman–Crippen LogP) is 2.97.